The molecule has 11 heteroatoms. The smallest absolute Gasteiger partial charge is 0.377 e. The Morgan fingerprint density at radius 3 is 2.91 bits per heavy atom. The third kappa shape index (κ3) is 6.24. The summed E-state index contributed by atoms with van der Waals surface area (Å²) >= 11 is 2.88. The van der Waals surface area contributed by atoms with Gasteiger partial charge in [0.15, 0.2) is 11.0 Å². The topological polar surface area (TPSA) is 69.0 Å². The van der Waals surface area contributed by atoms with Gasteiger partial charge in [0, 0.05) is 23.3 Å². The number of thioether (sulfide) groups is 1. The van der Waals surface area contributed by atoms with Gasteiger partial charge in [0.2, 0.25) is 5.91 Å². The minimum absolute atomic E-state index is 0.0113. The van der Waals surface area contributed by atoms with E-state index >= 15 is 0 Å². The molecule has 1 saturated heterocycles. The maximum absolute atomic E-state index is 13.3. The first kappa shape index (κ1) is 23.5. The van der Waals surface area contributed by atoms with Gasteiger partial charge in [-0.25, -0.2) is 0 Å². The van der Waals surface area contributed by atoms with Crippen LogP contribution < -0.4 is 5.32 Å². The molecule has 1 atom stereocenters. The predicted octanol–water partition coefficient (Wildman–Crippen LogP) is 4.95. The van der Waals surface area contributed by atoms with Crippen LogP contribution >= 0.6 is 23.1 Å². The minimum Gasteiger partial charge on any atom is -0.377 e. The zero-order valence-corrected chi connectivity index (χ0v) is 19.1. The maximum atomic E-state index is 13.3. The third-order valence-electron chi connectivity index (χ3n) is 4.92. The molecule has 174 valence electrons. The SMILES string of the molecule is O=C(/C=C/c1cccs1)NCc1nnc(SCC2CCCO2)n1-c1cccc(C(F)(F)F)c1. The largest absolute Gasteiger partial charge is 0.416 e. The monoisotopic (exact) mass is 494 g/mol. The van der Waals surface area contributed by atoms with E-state index in [1.54, 1.807) is 16.7 Å². The lowest BCUT2D eigenvalue weighted by molar-refractivity contribution is -0.137. The van der Waals surface area contributed by atoms with E-state index in [9.17, 15) is 18.0 Å². The summed E-state index contributed by atoms with van der Waals surface area (Å²) in [4.78, 5) is 13.2. The van der Waals surface area contributed by atoms with Gasteiger partial charge in [-0.15, -0.1) is 21.5 Å². The molecule has 0 bridgehead atoms. The molecule has 1 aromatic carbocycles. The van der Waals surface area contributed by atoms with Crippen molar-refractivity contribution in [3.05, 3.63) is 64.1 Å². The van der Waals surface area contributed by atoms with Crippen LogP contribution in [0.25, 0.3) is 11.8 Å². The number of carbonyl (C=O) groups excluding carboxylic acids is 1. The van der Waals surface area contributed by atoms with Crippen LogP contribution in [0.3, 0.4) is 0 Å². The molecule has 6 nitrogen and oxygen atoms in total. The number of ether oxygens (including phenoxy) is 1. The Morgan fingerprint density at radius 1 is 1.30 bits per heavy atom. The Morgan fingerprint density at radius 2 is 2.18 bits per heavy atom. The van der Waals surface area contributed by atoms with Crippen LogP contribution in [-0.4, -0.2) is 39.1 Å². The highest BCUT2D eigenvalue weighted by atomic mass is 32.2. The summed E-state index contributed by atoms with van der Waals surface area (Å²) in [6.45, 7) is 0.721. The number of hydrogen-bond donors (Lipinski definition) is 1. The van der Waals surface area contributed by atoms with Crippen LogP contribution in [0.1, 0.15) is 29.1 Å². The van der Waals surface area contributed by atoms with E-state index in [0.717, 1.165) is 29.9 Å². The summed E-state index contributed by atoms with van der Waals surface area (Å²) in [5.41, 5.74) is -0.485. The van der Waals surface area contributed by atoms with E-state index in [2.05, 4.69) is 15.5 Å². The van der Waals surface area contributed by atoms with Gasteiger partial charge in [-0.3, -0.25) is 9.36 Å². The third-order valence-corrected chi connectivity index (χ3v) is 6.82. The number of hydrogen-bond acceptors (Lipinski definition) is 6. The Bertz CT molecular complexity index is 1110. The molecule has 0 radical (unpaired) electrons. The number of halogens is 3. The Kier molecular flexibility index (Phi) is 7.51. The van der Waals surface area contributed by atoms with Gasteiger partial charge in [-0.1, -0.05) is 23.9 Å². The highest BCUT2D eigenvalue weighted by Gasteiger charge is 2.31. The number of rotatable bonds is 8. The van der Waals surface area contributed by atoms with E-state index < -0.39 is 11.7 Å². The summed E-state index contributed by atoms with van der Waals surface area (Å²) < 4.78 is 47.1. The van der Waals surface area contributed by atoms with Crippen LogP contribution in [0.5, 0.6) is 0 Å². The van der Waals surface area contributed by atoms with Gasteiger partial charge in [0.25, 0.3) is 0 Å². The fourth-order valence-corrected chi connectivity index (χ4v) is 4.96. The fourth-order valence-electron chi connectivity index (χ4n) is 3.30. The van der Waals surface area contributed by atoms with Crippen LogP contribution in [0.15, 0.2) is 53.0 Å². The molecule has 2 aromatic heterocycles. The van der Waals surface area contributed by atoms with E-state index in [-0.39, 0.29) is 24.2 Å². The summed E-state index contributed by atoms with van der Waals surface area (Å²) in [6, 6.07) is 8.76. The average molecular weight is 495 g/mol. The highest BCUT2D eigenvalue weighted by molar-refractivity contribution is 7.99. The number of alkyl halides is 3. The zero-order valence-electron chi connectivity index (χ0n) is 17.4. The summed E-state index contributed by atoms with van der Waals surface area (Å²) in [7, 11) is 0. The number of aromatic nitrogens is 3. The quantitative estimate of drug-likeness (QED) is 0.355. The average Bonchev–Trinajstić information content (AvgIpc) is 3.56. The van der Waals surface area contributed by atoms with Crippen LogP contribution in [0.2, 0.25) is 0 Å². The molecule has 1 amide bonds. The molecule has 0 aliphatic carbocycles. The van der Waals surface area contributed by atoms with Gasteiger partial charge in [0.1, 0.15) is 0 Å². The minimum atomic E-state index is -4.48. The van der Waals surface area contributed by atoms with Gasteiger partial charge >= 0.3 is 6.18 Å². The van der Waals surface area contributed by atoms with E-state index in [4.69, 9.17) is 4.74 Å². The fraction of sp³-hybridized carbons (Fsp3) is 0.318. The van der Waals surface area contributed by atoms with Crippen LogP contribution in [0.4, 0.5) is 13.2 Å². The van der Waals surface area contributed by atoms with E-state index in [1.165, 1.54) is 35.2 Å². The molecule has 4 rings (SSSR count). The normalized spacial score (nSPS) is 16.5. The molecule has 0 spiro atoms. The Hall–Kier alpha value is -2.63. The predicted molar refractivity (Wildman–Crippen MR) is 121 cm³/mol. The molecule has 1 unspecified atom stereocenters. The van der Waals surface area contributed by atoms with E-state index in [1.807, 2.05) is 17.5 Å². The van der Waals surface area contributed by atoms with Gasteiger partial charge in [-0.2, -0.15) is 13.2 Å². The Labute approximate surface area is 196 Å². The van der Waals surface area contributed by atoms with Gasteiger partial charge < -0.3 is 10.1 Å². The number of amides is 1. The number of carbonyl (C=O) groups is 1. The molecule has 1 aliphatic rings. The molecule has 33 heavy (non-hydrogen) atoms. The first-order chi connectivity index (χ1) is 15.9. The molecule has 1 N–H and O–H groups in total. The second kappa shape index (κ2) is 10.5. The number of nitrogens with zero attached hydrogens (tertiary/aromatic N) is 3. The lowest BCUT2D eigenvalue weighted by atomic mass is 10.2. The Balaban J connectivity index is 1.55. The standard InChI is InChI=1S/C22H21F3N4O2S2/c23-22(24,25)15-4-1-5-16(12-15)29-19(13-26-20(30)9-8-18-7-3-11-32-18)27-28-21(29)33-14-17-6-2-10-31-17/h1,3-5,7-9,11-12,17H,2,6,10,13-14H2,(H,26,30)/b9-8+. The summed E-state index contributed by atoms with van der Waals surface area (Å²) in [5.74, 6) is 0.616. The van der Waals surface area contributed by atoms with Crippen molar-refractivity contribution in [1.29, 1.82) is 0 Å². The number of benzene rings is 1. The van der Waals surface area contributed by atoms with Crippen molar-refractivity contribution >= 4 is 35.1 Å². The van der Waals surface area contributed by atoms with Crippen molar-refractivity contribution < 1.29 is 22.7 Å². The van der Waals surface area contributed by atoms with Crippen molar-refractivity contribution in [2.24, 2.45) is 0 Å². The molecule has 3 heterocycles. The summed E-state index contributed by atoms with van der Waals surface area (Å²) in [5, 5.41) is 13.4. The van der Waals surface area contributed by atoms with Crippen LogP contribution in [-0.2, 0) is 22.3 Å². The van der Waals surface area contributed by atoms with Gasteiger partial charge in [0.05, 0.1) is 23.9 Å². The second-order valence-electron chi connectivity index (χ2n) is 7.29. The molecular weight excluding hydrogens is 473 g/mol. The molecular formula is C22H21F3N4O2S2. The van der Waals surface area contributed by atoms with Crippen LogP contribution in [0, 0.1) is 0 Å². The van der Waals surface area contributed by atoms with Gasteiger partial charge in [-0.05, 0) is 48.6 Å². The second-order valence-corrected chi connectivity index (χ2v) is 9.26. The van der Waals surface area contributed by atoms with Crippen molar-refractivity contribution in [3.8, 4) is 5.69 Å². The number of thiophene rings is 1. The first-order valence-corrected chi connectivity index (χ1v) is 12.1. The maximum Gasteiger partial charge on any atom is 0.416 e. The van der Waals surface area contributed by atoms with Crippen molar-refractivity contribution in [1.82, 2.24) is 20.1 Å². The first-order valence-electron chi connectivity index (χ1n) is 10.3. The lowest BCUT2D eigenvalue weighted by Gasteiger charge is -2.14. The highest BCUT2D eigenvalue weighted by Crippen LogP contribution is 2.32. The molecule has 3 aromatic rings. The molecule has 0 saturated carbocycles. The number of nitrogens with one attached hydrogen (secondary N) is 1. The van der Waals surface area contributed by atoms with Crippen molar-refractivity contribution in [2.75, 3.05) is 12.4 Å². The van der Waals surface area contributed by atoms with E-state index in [0.29, 0.717) is 23.3 Å². The van der Waals surface area contributed by atoms with Crippen molar-refractivity contribution in [3.63, 3.8) is 0 Å². The van der Waals surface area contributed by atoms with Crippen molar-refractivity contribution in [2.45, 2.75) is 36.8 Å². The molecule has 1 fully saturated rings. The lowest BCUT2D eigenvalue weighted by Crippen LogP contribution is -2.22. The zero-order chi connectivity index (χ0) is 23.3. The molecule has 1 aliphatic heterocycles. The summed E-state index contributed by atoms with van der Waals surface area (Å²) in [6.07, 6.45) is 0.624.